The number of carbonyl (C=O) groups is 1. The molecule has 0 aromatic rings. The molecule has 1 heterocycles. The predicted molar refractivity (Wildman–Crippen MR) is 35.2 cm³/mol. The summed E-state index contributed by atoms with van der Waals surface area (Å²) in [6.45, 7) is 0.429. The summed E-state index contributed by atoms with van der Waals surface area (Å²) < 4.78 is 0. The minimum Gasteiger partial charge on any atom is -0.737 e. The van der Waals surface area contributed by atoms with E-state index in [1.807, 2.05) is 0 Å². The van der Waals surface area contributed by atoms with Crippen LogP contribution < -0.4 is 29.6 Å². The van der Waals surface area contributed by atoms with Gasteiger partial charge in [0.15, 0.2) is 0 Å². The fourth-order valence-corrected chi connectivity index (χ4v) is 1.17. The first-order valence-corrected chi connectivity index (χ1v) is 3.32. The van der Waals surface area contributed by atoms with Crippen LogP contribution in [0.1, 0.15) is 12.8 Å². The van der Waals surface area contributed by atoms with E-state index in [2.05, 4.69) is 5.28 Å². The van der Waals surface area contributed by atoms with E-state index in [4.69, 9.17) is 0 Å². The number of hydrazine groups is 1. The molecule has 1 fully saturated rings. The molecule has 0 saturated carbocycles. The van der Waals surface area contributed by atoms with Gasteiger partial charge in [-0.25, -0.2) is 0 Å². The number of carbonyl (C=O) groups excluding carboxylic acids is 1. The smallest absolute Gasteiger partial charge is 0.737 e. The Morgan fingerprint density at radius 3 is 2.83 bits per heavy atom. The van der Waals surface area contributed by atoms with E-state index in [-0.39, 0.29) is 34.5 Å². The molecule has 1 saturated heterocycles. The summed E-state index contributed by atoms with van der Waals surface area (Å²) in [4.78, 5) is 10.2. The van der Waals surface area contributed by atoms with Gasteiger partial charge < -0.3 is 15.2 Å². The normalized spacial score (nSPS) is 23.5. The molecule has 1 rings (SSSR count). The van der Waals surface area contributed by atoms with Crippen molar-refractivity contribution in [2.75, 3.05) is 6.54 Å². The molecule has 0 bridgehead atoms. The van der Waals surface area contributed by atoms with Crippen LogP contribution in [-0.4, -0.2) is 28.9 Å². The van der Waals surface area contributed by atoms with Crippen molar-refractivity contribution < 1.29 is 39.3 Å². The maximum atomic E-state index is 10.6. The molecule has 0 aromatic heterocycles. The number of rotatable bonds is 2. The van der Waals surface area contributed by atoms with Gasteiger partial charge >= 0.3 is 29.6 Å². The zero-order chi connectivity index (χ0) is 8.27. The Hall–Kier alpha value is -0.330. The molecule has 1 unspecified atom stereocenters. The van der Waals surface area contributed by atoms with E-state index in [1.54, 1.807) is 0 Å². The van der Waals surface area contributed by atoms with E-state index in [0.29, 0.717) is 19.3 Å². The van der Waals surface area contributed by atoms with Crippen LogP contribution in [0.4, 0.5) is 0 Å². The van der Waals surface area contributed by atoms with Crippen molar-refractivity contribution in [3.8, 4) is 0 Å². The maximum Gasteiger partial charge on any atom is 1.00 e. The molecular formula is C5H8N3NaO3. The number of hydrogen-bond acceptors (Lipinski definition) is 4. The van der Waals surface area contributed by atoms with Gasteiger partial charge in [0.25, 0.3) is 0 Å². The molecule has 6 nitrogen and oxygen atoms in total. The monoisotopic (exact) mass is 181 g/mol. The first-order chi connectivity index (χ1) is 5.29. The molecule has 0 aromatic carbocycles. The standard InChI is InChI=1S/C5H9N3O3.Na/c9-4-5-2-1-3-7(5)8(11)6-10;/h4-5,10H,1-3H2;/q;+1/p-1/b8-6-;. The topological polar surface area (TPSA) is 81.8 Å². The van der Waals surface area contributed by atoms with Gasteiger partial charge in [0.2, 0.25) is 0 Å². The van der Waals surface area contributed by atoms with Gasteiger partial charge in [-0.2, -0.15) is 0 Å². The molecular weight excluding hydrogens is 173 g/mol. The Kier molecular flexibility index (Phi) is 5.19. The Labute approximate surface area is 91.7 Å². The van der Waals surface area contributed by atoms with Crippen molar-refractivity contribution in [2.45, 2.75) is 18.9 Å². The quantitative estimate of drug-likeness (QED) is 0.150. The molecule has 7 heteroatoms. The van der Waals surface area contributed by atoms with Crippen LogP contribution in [0.2, 0.25) is 0 Å². The summed E-state index contributed by atoms with van der Waals surface area (Å²) >= 11 is 0. The second kappa shape index (κ2) is 5.34. The average Bonchev–Trinajstić information content (AvgIpc) is 2.50. The SMILES string of the molecule is O=CC1CCCN1/[N+]([O-])=N/[O-].[Na+]. The second-order valence-corrected chi connectivity index (χ2v) is 2.34. The van der Waals surface area contributed by atoms with Crippen LogP contribution in [0, 0.1) is 10.4 Å². The number of hydrogen-bond donors (Lipinski definition) is 0. The summed E-state index contributed by atoms with van der Waals surface area (Å²) in [6.07, 6.45) is 2.03. The van der Waals surface area contributed by atoms with Crippen molar-refractivity contribution in [3.63, 3.8) is 0 Å². The van der Waals surface area contributed by atoms with Crippen molar-refractivity contribution in [3.05, 3.63) is 10.4 Å². The Balaban J connectivity index is 0.00000121. The van der Waals surface area contributed by atoms with Crippen LogP contribution in [0.5, 0.6) is 0 Å². The molecule has 1 atom stereocenters. The van der Waals surface area contributed by atoms with Gasteiger partial charge in [-0.05, 0) is 18.1 Å². The minimum atomic E-state index is -0.467. The van der Waals surface area contributed by atoms with E-state index in [1.165, 1.54) is 0 Å². The molecule has 0 N–H and O–H groups in total. The van der Waals surface area contributed by atoms with Gasteiger partial charge in [-0.15, -0.1) is 5.01 Å². The van der Waals surface area contributed by atoms with E-state index < -0.39 is 6.04 Å². The number of nitrogens with zero attached hydrogens (tertiary/aromatic N) is 3. The zero-order valence-electron chi connectivity index (χ0n) is 6.84. The predicted octanol–water partition coefficient (Wildman–Crippen LogP) is -2.97. The van der Waals surface area contributed by atoms with Crippen LogP contribution in [-0.2, 0) is 4.79 Å². The molecule has 0 spiro atoms. The van der Waals surface area contributed by atoms with Gasteiger partial charge in [0, 0.05) is 4.97 Å². The summed E-state index contributed by atoms with van der Waals surface area (Å²) in [6, 6.07) is -0.467. The molecule has 12 heavy (non-hydrogen) atoms. The first-order valence-electron chi connectivity index (χ1n) is 3.32. The van der Waals surface area contributed by atoms with Crippen molar-refractivity contribution in [2.24, 2.45) is 5.28 Å². The largest absolute Gasteiger partial charge is 1.00 e. The third-order valence-corrected chi connectivity index (χ3v) is 1.72. The maximum absolute atomic E-state index is 10.6. The third kappa shape index (κ3) is 2.33. The van der Waals surface area contributed by atoms with E-state index in [9.17, 15) is 15.2 Å². The Bertz CT molecular complexity index is 187. The molecule has 0 radical (unpaired) electrons. The van der Waals surface area contributed by atoms with Crippen LogP contribution in [0.15, 0.2) is 5.28 Å². The zero-order valence-corrected chi connectivity index (χ0v) is 8.84. The third-order valence-electron chi connectivity index (χ3n) is 1.72. The van der Waals surface area contributed by atoms with E-state index >= 15 is 0 Å². The Morgan fingerprint density at radius 1 is 1.67 bits per heavy atom. The Morgan fingerprint density at radius 2 is 2.33 bits per heavy atom. The summed E-state index contributed by atoms with van der Waals surface area (Å²) in [7, 11) is 0. The summed E-state index contributed by atoms with van der Waals surface area (Å²) in [5.74, 6) is 0. The van der Waals surface area contributed by atoms with Crippen molar-refractivity contribution in [1.82, 2.24) is 5.01 Å². The van der Waals surface area contributed by atoms with Gasteiger partial charge in [0.05, 0.1) is 6.54 Å². The fraction of sp³-hybridized carbons (Fsp3) is 0.800. The van der Waals surface area contributed by atoms with Gasteiger partial charge in [0.1, 0.15) is 12.3 Å². The number of aldehydes is 1. The molecule has 62 valence electrons. The summed E-state index contributed by atoms with van der Waals surface area (Å²) in [5.41, 5.74) is 0. The van der Waals surface area contributed by atoms with Crippen LogP contribution in [0.3, 0.4) is 0 Å². The van der Waals surface area contributed by atoms with Crippen molar-refractivity contribution >= 4 is 6.29 Å². The molecule has 0 amide bonds. The average molecular weight is 181 g/mol. The minimum absolute atomic E-state index is 0. The van der Waals surface area contributed by atoms with Crippen LogP contribution in [0.25, 0.3) is 0 Å². The van der Waals surface area contributed by atoms with Gasteiger partial charge in [-0.1, -0.05) is 0 Å². The van der Waals surface area contributed by atoms with E-state index in [0.717, 1.165) is 11.4 Å². The van der Waals surface area contributed by atoms with Crippen LogP contribution >= 0.6 is 0 Å². The first kappa shape index (κ1) is 11.7. The second-order valence-electron chi connectivity index (χ2n) is 2.34. The fourth-order valence-electron chi connectivity index (χ4n) is 1.17. The molecule has 1 aliphatic rings. The van der Waals surface area contributed by atoms with Gasteiger partial charge in [-0.3, -0.25) is 0 Å². The molecule has 1 aliphatic heterocycles. The van der Waals surface area contributed by atoms with Crippen molar-refractivity contribution in [1.29, 1.82) is 0 Å². The summed E-state index contributed by atoms with van der Waals surface area (Å²) in [5, 5.41) is 23.6. The molecule has 0 aliphatic carbocycles.